The summed E-state index contributed by atoms with van der Waals surface area (Å²) in [5.74, 6) is 0.303. The zero-order chi connectivity index (χ0) is 31.6. The number of carbonyl (C=O) groups excluding carboxylic acids is 2. The van der Waals surface area contributed by atoms with Gasteiger partial charge in [0.2, 0.25) is 11.8 Å². The second kappa shape index (κ2) is 15.3. The summed E-state index contributed by atoms with van der Waals surface area (Å²) in [5.41, 5.74) is 1.06. The number of rotatable bonds is 15. The van der Waals surface area contributed by atoms with Gasteiger partial charge in [0.1, 0.15) is 18.3 Å². The molecule has 3 aromatic rings. The van der Waals surface area contributed by atoms with Crippen LogP contribution in [0.5, 0.6) is 17.2 Å². The third-order valence-corrected chi connectivity index (χ3v) is 8.44. The highest BCUT2D eigenvalue weighted by Crippen LogP contribution is 2.33. The van der Waals surface area contributed by atoms with Gasteiger partial charge in [-0.2, -0.15) is 0 Å². The molecule has 1 atom stereocenters. The topological polar surface area (TPSA) is 114 Å². The molecule has 3 aromatic carbocycles. The maximum Gasteiger partial charge on any atom is 0.264 e. The number of hydrogen-bond acceptors (Lipinski definition) is 7. The van der Waals surface area contributed by atoms with Gasteiger partial charge in [0, 0.05) is 18.7 Å². The quantitative estimate of drug-likeness (QED) is 0.267. The summed E-state index contributed by atoms with van der Waals surface area (Å²) in [5, 5.41) is 2.89. The Kier molecular flexibility index (Phi) is 11.8. The molecule has 0 heterocycles. The van der Waals surface area contributed by atoms with Gasteiger partial charge in [-0.25, -0.2) is 8.42 Å². The lowest BCUT2D eigenvalue weighted by atomic mass is 10.1. The number of amides is 2. The summed E-state index contributed by atoms with van der Waals surface area (Å²) in [6, 6.07) is 19.0. The number of ether oxygens (including phenoxy) is 3. The summed E-state index contributed by atoms with van der Waals surface area (Å²) in [7, 11) is -1.43. The summed E-state index contributed by atoms with van der Waals surface area (Å²) < 4.78 is 45.6. The van der Waals surface area contributed by atoms with Crippen LogP contribution in [0.15, 0.2) is 77.7 Å². The van der Waals surface area contributed by atoms with Crippen LogP contribution in [-0.4, -0.2) is 64.6 Å². The molecule has 43 heavy (non-hydrogen) atoms. The van der Waals surface area contributed by atoms with Crippen molar-refractivity contribution in [1.29, 1.82) is 0 Å². The van der Waals surface area contributed by atoms with Gasteiger partial charge in [0.15, 0.2) is 11.5 Å². The minimum atomic E-state index is -4.30. The van der Waals surface area contributed by atoms with Crippen LogP contribution in [0.1, 0.15) is 39.7 Å². The van der Waals surface area contributed by atoms with E-state index in [-0.39, 0.29) is 34.8 Å². The van der Waals surface area contributed by atoms with Crippen LogP contribution >= 0.6 is 0 Å². The molecule has 0 spiro atoms. The SMILES string of the molecule is CCOc1ccc(N(CC(=O)N(Cc2ccccc2)[C@@H](CC)C(=O)NC(C)C)S(=O)(=O)c2ccc(OC)c(OC)c2)cc1. The predicted octanol–water partition coefficient (Wildman–Crippen LogP) is 4.63. The Morgan fingerprint density at radius 1 is 0.884 bits per heavy atom. The Morgan fingerprint density at radius 2 is 1.53 bits per heavy atom. The van der Waals surface area contributed by atoms with E-state index in [9.17, 15) is 18.0 Å². The van der Waals surface area contributed by atoms with E-state index in [2.05, 4.69) is 5.32 Å². The van der Waals surface area contributed by atoms with Crippen LogP contribution in [0.3, 0.4) is 0 Å². The molecule has 10 nitrogen and oxygen atoms in total. The van der Waals surface area contributed by atoms with E-state index in [0.717, 1.165) is 9.87 Å². The van der Waals surface area contributed by atoms with E-state index in [4.69, 9.17) is 14.2 Å². The van der Waals surface area contributed by atoms with Crippen LogP contribution in [0.4, 0.5) is 5.69 Å². The molecule has 0 aliphatic rings. The molecule has 232 valence electrons. The van der Waals surface area contributed by atoms with Gasteiger partial charge in [-0.3, -0.25) is 13.9 Å². The van der Waals surface area contributed by atoms with Crippen molar-refractivity contribution in [1.82, 2.24) is 10.2 Å². The first kappa shape index (κ1) is 33.3. The summed E-state index contributed by atoms with van der Waals surface area (Å²) in [4.78, 5) is 28.8. The molecule has 2 amide bonds. The fourth-order valence-corrected chi connectivity index (χ4v) is 6.02. The Bertz CT molecular complexity index is 1460. The third-order valence-electron chi connectivity index (χ3n) is 6.67. The predicted molar refractivity (Wildman–Crippen MR) is 166 cm³/mol. The highest BCUT2D eigenvalue weighted by atomic mass is 32.2. The maximum absolute atomic E-state index is 14.2. The fraction of sp³-hybridized carbons (Fsp3) is 0.375. The molecule has 11 heteroatoms. The van der Waals surface area contributed by atoms with E-state index < -0.39 is 28.5 Å². The Hall–Kier alpha value is -4.25. The highest BCUT2D eigenvalue weighted by Gasteiger charge is 2.34. The van der Waals surface area contributed by atoms with Gasteiger partial charge in [0.05, 0.1) is 31.4 Å². The molecule has 0 aromatic heterocycles. The van der Waals surface area contributed by atoms with Gasteiger partial charge in [-0.1, -0.05) is 37.3 Å². The van der Waals surface area contributed by atoms with Crippen molar-refractivity contribution in [3.8, 4) is 17.2 Å². The number of anilines is 1. The number of hydrogen-bond donors (Lipinski definition) is 1. The smallest absolute Gasteiger partial charge is 0.264 e. The first-order valence-corrected chi connectivity index (χ1v) is 15.6. The monoisotopic (exact) mass is 611 g/mol. The van der Waals surface area contributed by atoms with Crippen LogP contribution in [0, 0.1) is 0 Å². The number of methoxy groups -OCH3 is 2. The van der Waals surface area contributed by atoms with Gasteiger partial charge in [-0.15, -0.1) is 0 Å². The number of benzene rings is 3. The first-order valence-electron chi connectivity index (χ1n) is 14.2. The van der Waals surface area contributed by atoms with E-state index >= 15 is 0 Å². The number of nitrogens with zero attached hydrogens (tertiary/aromatic N) is 2. The van der Waals surface area contributed by atoms with Crippen molar-refractivity contribution >= 4 is 27.5 Å². The minimum Gasteiger partial charge on any atom is -0.494 e. The molecule has 0 saturated carbocycles. The largest absolute Gasteiger partial charge is 0.494 e. The van der Waals surface area contributed by atoms with E-state index in [1.54, 1.807) is 24.3 Å². The summed E-state index contributed by atoms with van der Waals surface area (Å²) in [6.07, 6.45) is 0.336. The normalized spacial score (nSPS) is 11.9. The van der Waals surface area contributed by atoms with Gasteiger partial charge in [-0.05, 0) is 69.2 Å². The van der Waals surface area contributed by atoms with E-state index in [1.807, 2.05) is 58.0 Å². The van der Waals surface area contributed by atoms with Crippen molar-refractivity contribution in [2.45, 2.75) is 57.6 Å². The molecule has 0 radical (unpaired) electrons. The summed E-state index contributed by atoms with van der Waals surface area (Å²) >= 11 is 0. The molecule has 1 N–H and O–H groups in total. The summed E-state index contributed by atoms with van der Waals surface area (Å²) in [6.45, 7) is 7.37. The zero-order valence-electron chi connectivity index (χ0n) is 25.6. The van der Waals surface area contributed by atoms with Crippen molar-refractivity contribution in [2.24, 2.45) is 0 Å². The van der Waals surface area contributed by atoms with E-state index in [0.29, 0.717) is 24.5 Å². The lowest BCUT2D eigenvalue weighted by Crippen LogP contribution is -2.53. The van der Waals surface area contributed by atoms with Crippen molar-refractivity contribution < 1.29 is 32.2 Å². The van der Waals surface area contributed by atoms with Crippen LogP contribution in [0.25, 0.3) is 0 Å². The molecule has 3 rings (SSSR count). The second-order valence-electron chi connectivity index (χ2n) is 10.0. The highest BCUT2D eigenvalue weighted by molar-refractivity contribution is 7.92. The average Bonchev–Trinajstić information content (AvgIpc) is 3.00. The van der Waals surface area contributed by atoms with Crippen molar-refractivity contribution in [3.63, 3.8) is 0 Å². The van der Waals surface area contributed by atoms with Gasteiger partial charge >= 0.3 is 0 Å². The Balaban J connectivity index is 2.10. The van der Waals surface area contributed by atoms with Crippen LogP contribution in [0.2, 0.25) is 0 Å². The average molecular weight is 612 g/mol. The van der Waals surface area contributed by atoms with Crippen molar-refractivity contribution in [3.05, 3.63) is 78.4 Å². The maximum atomic E-state index is 14.2. The molecule has 0 fully saturated rings. The third kappa shape index (κ3) is 8.41. The first-order chi connectivity index (χ1) is 20.5. The molecule has 0 unspecified atom stereocenters. The Morgan fingerprint density at radius 3 is 2.09 bits per heavy atom. The molecule has 0 aliphatic heterocycles. The second-order valence-corrected chi connectivity index (χ2v) is 11.9. The zero-order valence-corrected chi connectivity index (χ0v) is 26.4. The van der Waals surface area contributed by atoms with Crippen LogP contribution < -0.4 is 23.8 Å². The molecular weight excluding hydrogens is 570 g/mol. The van der Waals surface area contributed by atoms with Gasteiger partial charge < -0.3 is 24.4 Å². The molecule has 0 bridgehead atoms. The molecule has 0 saturated heterocycles. The molecule has 0 aliphatic carbocycles. The van der Waals surface area contributed by atoms with Gasteiger partial charge in [0.25, 0.3) is 10.0 Å². The number of nitrogens with one attached hydrogen (secondary N) is 1. The fourth-order valence-electron chi connectivity index (χ4n) is 4.59. The standard InChI is InChI=1S/C32H41N3O7S/c1-7-28(32(37)33-23(3)4)34(21-24-12-10-9-11-13-24)31(36)22-35(25-14-16-26(17-15-25)42-8-2)43(38,39)27-18-19-29(40-5)30(20-27)41-6/h9-20,23,28H,7-8,21-22H2,1-6H3,(H,33,37)/t28-/m0/s1. The Labute approximate surface area is 254 Å². The van der Waals surface area contributed by atoms with Crippen LogP contribution in [-0.2, 0) is 26.2 Å². The molecular formula is C32H41N3O7S. The van der Waals surface area contributed by atoms with Crippen molar-refractivity contribution in [2.75, 3.05) is 31.7 Å². The lowest BCUT2D eigenvalue weighted by molar-refractivity contribution is -0.140. The van der Waals surface area contributed by atoms with E-state index in [1.165, 1.54) is 37.3 Å². The minimum absolute atomic E-state index is 0.0916. The number of carbonyl (C=O) groups is 2. The number of sulfonamides is 1. The lowest BCUT2D eigenvalue weighted by Gasteiger charge is -2.33.